The van der Waals surface area contributed by atoms with E-state index in [-0.39, 0.29) is 30.7 Å². The summed E-state index contributed by atoms with van der Waals surface area (Å²) in [6.45, 7) is 7.99. The summed E-state index contributed by atoms with van der Waals surface area (Å²) in [6.07, 6.45) is 0.00874. The molecule has 2 N–H and O–H groups in total. The molecule has 0 fully saturated rings. The lowest BCUT2D eigenvalue weighted by Gasteiger charge is -2.30. The Kier molecular flexibility index (Phi) is 11.0. The predicted octanol–water partition coefficient (Wildman–Crippen LogP) is 6.22. The van der Waals surface area contributed by atoms with Crippen LogP contribution in [-0.2, 0) is 27.2 Å². The van der Waals surface area contributed by atoms with E-state index in [1.54, 1.807) is 48.2 Å². The number of esters is 1. The number of thiophene rings is 1. The van der Waals surface area contributed by atoms with Crippen LogP contribution >= 0.6 is 23.1 Å². The number of hydrogen-bond donors (Lipinski definition) is 2. The highest BCUT2D eigenvalue weighted by atomic mass is 32.2. The molecule has 0 atom stereocenters. The Morgan fingerprint density at radius 2 is 1.76 bits per heavy atom. The van der Waals surface area contributed by atoms with Crippen LogP contribution in [0.1, 0.15) is 58.9 Å². The molecule has 240 valence electrons. The number of fused-ring (bicyclic) bond motifs is 1. The van der Waals surface area contributed by atoms with Gasteiger partial charge in [0.1, 0.15) is 10.6 Å². The maximum absolute atomic E-state index is 13.1. The molecule has 1 aromatic heterocycles. The van der Waals surface area contributed by atoms with E-state index < -0.39 is 17.7 Å². The van der Waals surface area contributed by atoms with Gasteiger partial charge in [0.2, 0.25) is 5.91 Å². The first-order valence-electron chi connectivity index (χ1n) is 14.3. The molecule has 45 heavy (non-hydrogen) atoms. The van der Waals surface area contributed by atoms with Gasteiger partial charge in [-0.2, -0.15) is 0 Å². The molecule has 3 aromatic rings. The molecule has 3 amide bonds. The van der Waals surface area contributed by atoms with E-state index >= 15 is 0 Å². The van der Waals surface area contributed by atoms with Crippen LogP contribution in [0, 0.1) is 0 Å². The van der Waals surface area contributed by atoms with Crippen molar-refractivity contribution in [3.05, 3.63) is 64.0 Å². The number of hydrogen-bond acceptors (Lipinski definition) is 10. The molecule has 4 rings (SSSR count). The van der Waals surface area contributed by atoms with Gasteiger partial charge >= 0.3 is 12.1 Å². The third-order valence-corrected chi connectivity index (χ3v) is 8.67. The summed E-state index contributed by atoms with van der Waals surface area (Å²) >= 11 is 2.55. The highest BCUT2D eigenvalue weighted by molar-refractivity contribution is 8.00. The largest absolute Gasteiger partial charge is 0.493 e. The average Bonchev–Trinajstić information content (AvgIpc) is 3.36. The summed E-state index contributed by atoms with van der Waals surface area (Å²) in [5.41, 5.74) is 1.44. The Hall–Kier alpha value is -4.23. The Balaban J connectivity index is 1.42. The smallest absolute Gasteiger partial charge is 0.410 e. The minimum Gasteiger partial charge on any atom is -0.493 e. The number of anilines is 2. The van der Waals surface area contributed by atoms with Crippen LogP contribution in [0.2, 0.25) is 0 Å². The van der Waals surface area contributed by atoms with Crippen LogP contribution < -0.4 is 20.1 Å². The molecule has 1 aliphatic rings. The summed E-state index contributed by atoms with van der Waals surface area (Å²) < 4.78 is 21.3. The van der Waals surface area contributed by atoms with Crippen molar-refractivity contribution in [1.82, 2.24) is 4.90 Å². The first kappa shape index (κ1) is 33.7. The molecular weight excluding hydrogens is 618 g/mol. The van der Waals surface area contributed by atoms with Gasteiger partial charge in [-0.3, -0.25) is 9.59 Å². The van der Waals surface area contributed by atoms with E-state index in [0.29, 0.717) is 46.3 Å². The van der Waals surface area contributed by atoms with Crippen molar-refractivity contribution < 1.29 is 38.1 Å². The van der Waals surface area contributed by atoms with Crippen LogP contribution in [0.15, 0.2) is 47.4 Å². The Bertz CT molecular complexity index is 1580. The van der Waals surface area contributed by atoms with Crippen molar-refractivity contribution in [2.45, 2.75) is 51.2 Å². The lowest BCUT2D eigenvalue weighted by molar-refractivity contribution is -0.113. The number of carbonyl (C=O) groups excluding carboxylic acids is 4. The van der Waals surface area contributed by atoms with Crippen molar-refractivity contribution in [1.29, 1.82) is 0 Å². The van der Waals surface area contributed by atoms with Crippen molar-refractivity contribution in [2.24, 2.45) is 0 Å². The molecule has 2 aromatic carbocycles. The van der Waals surface area contributed by atoms with Crippen molar-refractivity contribution in [2.75, 3.05) is 43.8 Å². The summed E-state index contributed by atoms with van der Waals surface area (Å²) in [7, 11) is 3.02. The SMILES string of the molecule is CCOC(=O)c1c(NC(=O)CSc2cccc(NC(=O)c3ccc(OC)c(OC)c3)c2)sc2c1CCN(C(=O)OC(C)(C)C)C2. The second-order valence-corrected chi connectivity index (χ2v) is 13.1. The van der Waals surface area contributed by atoms with Crippen LogP contribution in [-0.4, -0.2) is 67.5 Å². The fraction of sp³-hybridized carbons (Fsp3) is 0.375. The molecule has 0 bridgehead atoms. The van der Waals surface area contributed by atoms with Gasteiger partial charge < -0.3 is 34.5 Å². The minimum absolute atomic E-state index is 0.0575. The molecule has 11 nitrogen and oxygen atoms in total. The monoisotopic (exact) mass is 655 g/mol. The van der Waals surface area contributed by atoms with Gasteiger partial charge in [-0.1, -0.05) is 6.07 Å². The van der Waals surface area contributed by atoms with Gasteiger partial charge in [0, 0.05) is 27.6 Å². The van der Waals surface area contributed by atoms with E-state index in [1.807, 2.05) is 26.8 Å². The fourth-order valence-electron chi connectivity index (χ4n) is 4.55. The predicted molar refractivity (Wildman–Crippen MR) is 174 cm³/mol. The summed E-state index contributed by atoms with van der Waals surface area (Å²) in [5, 5.41) is 6.14. The first-order chi connectivity index (χ1) is 21.4. The summed E-state index contributed by atoms with van der Waals surface area (Å²) in [4.78, 5) is 54.7. The normalized spacial score (nSPS) is 12.5. The van der Waals surface area contributed by atoms with Crippen LogP contribution in [0.25, 0.3) is 0 Å². The zero-order valence-electron chi connectivity index (χ0n) is 26.1. The number of rotatable bonds is 10. The van der Waals surface area contributed by atoms with E-state index in [9.17, 15) is 19.2 Å². The Labute approximate surface area is 270 Å². The third kappa shape index (κ3) is 8.70. The zero-order valence-corrected chi connectivity index (χ0v) is 27.7. The lowest BCUT2D eigenvalue weighted by atomic mass is 10.0. The molecule has 0 spiro atoms. The van der Waals surface area contributed by atoms with E-state index in [0.717, 1.165) is 15.3 Å². The number of nitrogens with one attached hydrogen (secondary N) is 2. The maximum Gasteiger partial charge on any atom is 0.410 e. The molecule has 1 aliphatic heterocycles. The Morgan fingerprint density at radius 3 is 2.44 bits per heavy atom. The van der Waals surface area contributed by atoms with Crippen molar-refractivity contribution in [3.8, 4) is 11.5 Å². The van der Waals surface area contributed by atoms with Gasteiger partial charge in [0.25, 0.3) is 5.91 Å². The molecule has 0 saturated heterocycles. The fourth-order valence-corrected chi connectivity index (χ4v) is 6.57. The highest BCUT2D eigenvalue weighted by Gasteiger charge is 2.32. The van der Waals surface area contributed by atoms with E-state index in [1.165, 1.54) is 37.3 Å². The average molecular weight is 656 g/mol. The summed E-state index contributed by atoms with van der Waals surface area (Å²) in [6, 6.07) is 12.0. The van der Waals surface area contributed by atoms with Gasteiger partial charge in [-0.25, -0.2) is 9.59 Å². The number of carbonyl (C=O) groups is 4. The third-order valence-electron chi connectivity index (χ3n) is 6.55. The van der Waals surface area contributed by atoms with E-state index in [2.05, 4.69) is 10.6 Å². The van der Waals surface area contributed by atoms with Gasteiger partial charge in [0.05, 0.1) is 38.7 Å². The molecule has 0 radical (unpaired) electrons. The van der Waals surface area contributed by atoms with Crippen LogP contribution in [0.4, 0.5) is 15.5 Å². The number of amides is 3. The second kappa shape index (κ2) is 14.7. The standard InChI is InChI=1S/C32H37N3O8S2/c1-7-42-30(38)27-22-13-14-35(31(39)43-32(2,3)4)17-25(22)45-29(27)34-26(36)18-44-21-10-8-9-20(16-21)33-28(37)19-11-12-23(40-5)24(15-19)41-6/h8-12,15-16H,7,13-14,17-18H2,1-6H3,(H,33,37)(H,34,36). The number of thioether (sulfide) groups is 1. The molecule has 13 heteroatoms. The second-order valence-electron chi connectivity index (χ2n) is 11.0. The molecular formula is C32H37N3O8S2. The van der Waals surface area contributed by atoms with Crippen molar-refractivity contribution in [3.63, 3.8) is 0 Å². The number of methoxy groups -OCH3 is 2. The number of benzene rings is 2. The van der Waals surface area contributed by atoms with Gasteiger partial charge in [-0.15, -0.1) is 23.1 Å². The Morgan fingerprint density at radius 1 is 1.00 bits per heavy atom. The number of nitrogens with zero attached hydrogens (tertiary/aromatic N) is 1. The van der Waals surface area contributed by atoms with Crippen molar-refractivity contribution >= 4 is 57.7 Å². The van der Waals surface area contributed by atoms with Gasteiger partial charge in [0.15, 0.2) is 11.5 Å². The molecule has 0 saturated carbocycles. The minimum atomic E-state index is -0.629. The summed E-state index contributed by atoms with van der Waals surface area (Å²) in [5.74, 6) is -0.130. The number of ether oxygens (including phenoxy) is 4. The molecule has 0 aliphatic carbocycles. The first-order valence-corrected chi connectivity index (χ1v) is 16.1. The lowest BCUT2D eigenvalue weighted by Crippen LogP contribution is -2.39. The quantitative estimate of drug-likeness (QED) is 0.193. The van der Waals surface area contributed by atoms with Crippen LogP contribution in [0.5, 0.6) is 11.5 Å². The molecule has 2 heterocycles. The van der Waals surface area contributed by atoms with Crippen LogP contribution in [0.3, 0.4) is 0 Å². The molecule has 0 unspecified atom stereocenters. The van der Waals surface area contributed by atoms with E-state index in [4.69, 9.17) is 18.9 Å². The maximum atomic E-state index is 13.1. The van der Waals surface area contributed by atoms with Gasteiger partial charge in [-0.05, 0) is 76.1 Å². The highest BCUT2D eigenvalue weighted by Crippen LogP contribution is 2.38. The zero-order chi connectivity index (χ0) is 32.7. The topological polar surface area (TPSA) is 132 Å².